The quantitative estimate of drug-likeness (QED) is 0.728. The largest absolute Gasteiger partial charge is 0.396 e. The summed E-state index contributed by atoms with van der Waals surface area (Å²) in [6.07, 6.45) is 5.94. The first kappa shape index (κ1) is 11.4. The summed E-state index contributed by atoms with van der Waals surface area (Å²) in [6, 6.07) is 0.227. The molecule has 2 fully saturated rings. The molecule has 0 aromatic heterocycles. The Morgan fingerprint density at radius 1 is 1.40 bits per heavy atom. The van der Waals surface area contributed by atoms with Gasteiger partial charge in [-0.1, -0.05) is 6.42 Å². The normalized spacial score (nSPS) is 29.8. The van der Waals surface area contributed by atoms with Crippen molar-refractivity contribution in [2.24, 2.45) is 17.1 Å². The van der Waals surface area contributed by atoms with Crippen LogP contribution in [0.5, 0.6) is 0 Å². The number of aliphatic hydroxyl groups excluding tert-OH is 1. The number of aliphatic hydroxyl groups is 1. The highest BCUT2D eigenvalue weighted by Crippen LogP contribution is 2.46. The van der Waals surface area contributed by atoms with E-state index in [-0.39, 0.29) is 11.5 Å². The maximum absolute atomic E-state index is 9.50. The van der Waals surface area contributed by atoms with Crippen molar-refractivity contribution in [2.75, 3.05) is 26.7 Å². The molecular weight excluding hydrogens is 188 g/mol. The molecule has 1 saturated carbocycles. The zero-order chi connectivity index (χ0) is 10.9. The molecule has 2 aliphatic rings. The Morgan fingerprint density at radius 2 is 2.00 bits per heavy atom. The minimum atomic E-state index is 0.0839. The lowest BCUT2D eigenvalue weighted by molar-refractivity contribution is -0.0101. The predicted octanol–water partition coefficient (Wildman–Crippen LogP) is 0.818. The van der Waals surface area contributed by atoms with Gasteiger partial charge in [0.2, 0.25) is 0 Å². The van der Waals surface area contributed by atoms with Crippen molar-refractivity contribution in [3.63, 3.8) is 0 Å². The van der Waals surface area contributed by atoms with E-state index in [1.807, 2.05) is 0 Å². The number of nitrogens with zero attached hydrogens (tertiary/aromatic N) is 1. The van der Waals surface area contributed by atoms with Gasteiger partial charge >= 0.3 is 0 Å². The van der Waals surface area contributed by atoms with Gasteiger partial charge in [-0.15, -0.1) is 0 Å². The van der Waals surface area contributed by atoms with E-state index in [1.165, 1.54) is 32.4 Å². The Kier molecular flexibility index (Phi) is 3.33. The molecule has 1 atom stereocenters. The van der Waals surface area contributed by atoms with Crippen LogP contribution in [0.15, 0.2) is 0 Å². The second-order valence-corrected chi connectivity index (χ2v) is 5.54. The summed E-state index contributed by atoms with van der Waals surface area (Å²) in [5, 5.41) is 9.50. The third-order valence-electron chi connectivity index (χ3n) is 4.64. The Hall–Kier alpha value is -0.120. The Balaban J connectivity index is 1.92. The first-order valence-electron chi connectivity index (χ1n) is 6.23. The number of rotatable bonds is 3. The molecule has 0 spiro atoms. The third-order valence-corrected chi connectivity index (χ3v) is 4.64. The SMILES string of the molecule is CN1CCC(C(N)C2(CO)CCC2)CC1. The van der Waals surface area contributed by atoms with Crippen LogP contribution in [-0.2, 0) is 0 Å². The lowest BCUT2D eigenvalue weighted by atomic mass is 9.60. The Labute approximate surface area is 92.6 Å². The van der Waals surface area contributed by atoms with E-state index in [0.717, 1.165) is 12.8 Å². The maximum Gasteiger partial charge on any atom is 0.0502 e. The van der Waals surface area contributed by atoms with Gasteiger partial charge in [0, 0.05) is 11.5 Å². The van der Waals surface area contributed by atoms with Crippen molar-refractivity contribution in [2.45, 2.75) is 38.1 Å². The highest BCUT2D eigenvalue weighted by atomic mass is 16.3. The van der Waals surface area contributed by atoms with Gasteiger partial charge in [-0.3, -0.25) is 0 Å². The first-order chi connectivity index (χ1) is 7.18. The van der Waals surface area contributed by atoms with Crippen LogP contribution in [-0.4, -0.2) is 42.8 Å². The molecule has 1 aliphatic heterocycles. The van der Waals surface area contributed by atoms with Gasteiger partial charge in [-0.2, -0.15) is 0 Å². The molecule has 3 heteroatoms. The standard InChI is InChI=1S/C12H24N2O/c1-14-7-3-10(4-8-14)11(13)12(9-15)5-2-6-12/h10-11,15H,2-9,13H2,1H3. The van der Waals surface area contributed by atoms with Gasteiger partial charge in [0.1, 0.15) is 0 Å². The van der Waals surface area contributed by atoms with Crippen LogP contribution in [0, 0.1) is 11.3 Å². The van der Waals surface area contributed by atoms with Gasteiger partial charge in [-0.05, 0) is 51.7 Å². The zero-order valence-electron chi connectivity index (χ0n) is 9.78. The lowest BCUT2D eigenvalue weighted by Crippen LogP contribution is -2.54. The van der Waals surface area contributed by atoms with Crippen molar-refractivity contribution < 1.29 is 5.11 Å². The number of hydrogen-bond donors (Lipinski definition) is 2. The first-order valence-corrected chi connectivity index (χ1v) is 6.23. The lowest BCUT2D eigenvalue weighted by Gasteiger charge is -2.49. The molecule has 3 nitrogen and oxygen atoms in total. The van der Waals surface area contributed by atoms with Gasteiger partial charge in [0.05, 0.1) is 6.61 Å². The molecule has 0 amide bonds. The van der Waals surface area contributed by atoms with Crippen molar-refractivity contribution in [3.05, 3.63) is 0 Å². The second kappa shape index (κ2) is 4.40. The van der Waals surface area contributed by atoms with E-state index < -0.39 is 0 Å². The highest BCUT2D eigenvalue weighted by molar-refractivity contribution is 4.99. The van der Waals surface area contributed by atoms with Gasteiger partial charge in [0.15, 0.2) is 0 Å². The van der Waals surface area contributed by atoms with Gasteiger partial charge in [0.25, 0.3) is 0 Å². The van der Waals surface area contributed by atoms with Crippen molar-refractivity contribution in [1.82, 2.24) is 4.90 Å². The summed E-state index contributed by atoms with van der Waals surface area (Å²) in [7, 11) is 2.17. The van der Waals surface area contributed by atoms with Crippen molar-refractivity contribution in [3.8, 4) is 0 Å². The number of hydrogen-bond acceptors (Lipinski definition) is 3. The summed E-state index contributed by atoms with van der Waals surface area (Å²) in [5.41, 5.74) is 6.45. The molecule has 0 aromatic rings. The number of piperidine rings is 1. The summed E-state index contributed by atoms with van der Waals surface area (Å²) < 4.78 is 0. The molecule has 88 valence electrons. The molecule has 0 radical (unpaired) electrons. The molecular formula is C12H24N2O. The Morgan fingerprint density at radius 3 is 2.40 bits per heavy atom. The summed E-state index contributed by atoms with van der Waals surface area (Å²) in [4.78, 5) is 2.37. The molecule has 3 N–H and O–H groups in total. The zero-order valence-corrected chi connectivity index (χ0v) is 9.78. The van der Waals surface area contributed by atoms with Crippen LogP contribution in [0.4, 0.5) is 0 Å². The average Bonchev–Trinajstić information content (AvgIpc) is 2.18. The van der Waals surface area contributed by atoms with Crippen molar-refractivity contribution in [1.29, 1.82) is 0 Å². The van der Waals surface area contributed by atoms with E-state index in [2.05, 4.69) is 11.9 Å². The minimum Gasteiger partial charge on any atom is -0.396 e. The molecule has 1 aliphatic carbocycles. The molecule has 0 bridgehead atoms. The van der Waals surface area contributed by atoms with Gasteiger partial charge in [-0.25, -0.2) is 0 Å². The molecule has 1 unspecified atom stereocenters. The fraction of sp³-hybridized carbons (Fsp3) is 1.00. The second-order valence-electron chi connectivity index (χ2n) is 5.54. The fourth-order valence-corrected chi connectivity index (χ4v) is 3.12. The highest BCUT2D eigenvalue weighted by Gasteiger charge is 2.45. The average molecular weight is 212 g/mol. The van der Waals surface area contributed by atoms with Crippen LogP contribution in [0.2, 0.25) is 0 Å². The molecule has 2 rings (SSSR count). The van der Waals surface area contributed by atoms with E-state index in [0.29, 0.717) is 12.5 Å². The summed E-state index contributed by atoms with van der Waals surface area (Å²) >= 11 is 0. The van der Waals surface area contributed by atoms with Crippen LogP contribution in [0.25, 0.3) is 0 Å². The van der Waals surface area contributed by atoms with E-state index >= 15 is 0 Å². The topological polar surface area (TPSA) is 49.5 Å². The molecule has 0 aromatic carbocycles. The summed E-state index contributed by atoms with van der Waals surface area (Å²) in [6.45, 7) is 2.63. The Bertz CT molecular complexity index is 202. The number of nitrogens with two attached hydrogens (primary N) is 1. The minimum absolute atomic E-state index is 0.0839. The van der Waals surface area contributed by atoms with Crippen LogP contribution >= 0.6 is 0 Å². The van der Waals surface area contributed by atoms with E-state index in [1.54, 1.807) is 0 Å². The summed E-state index contributed by atoms with van der Waals surface area (Å²) in [5.74, 6) is 0.633. The van der Waals surface area contributed by atoms with E-state index in [4.69, 9.17) is 5.73 Å². The van der Waals surface area contributed by atoms with Crippen LogP contribution in [0.1, 0.15) is 32.1 Å². The predicted molar refractivity (Wildman–Crippen MR) is 61.6 cm³/mol. The molecule has 1 heterocycles. The third kappa shape index (κ3) is 2.05. The maximum atomic E-state index is 9.50. The molecule has 1 saturated heterocycles. The van der Waals surface area contributed by atoms with Crippen molar-refractivity contribution >= 4 is 0 Å². The monoisotopic (exact) mass is 212 g/mol. The van der Waals surface area contributed by atoms with E-state index in [9.17, 15) is 5.11 Å². The molecule has 15 heavy (non-hydrogen) atoms. The number of likely N-dealkylation sites (tertiary alicyclic amines) is 1. The smallest absolute Gasteiger partial charge is 0.0502 e. The fourth-order valence-electron chi connectivity index (χ4n) is 3.12. The van der Waals surface area contributed by atoms with Crippen LogP contribution < -0.4 is 5.73 Å². The van der Waals surface area contributed by atoms with Gasteiger partial charge < -0.3 is 15.7 Å². The van der Waals surface area contributed by atoms with Crippen LogP contribution in [0.3, 0.4) is 0 Å².